The van der Waals surface area contributed by atoms with E-state index in [9.17, 15) is 8.42 Å². The van der Waals surface area contributed by atoms with Gasteiger partial charge in [0.25, 0.3) is 0 Å². The Morgan fingerprint density at radius 3 is 2.55 bits per heavy atom. The van der Waals surface area contributed by atoms with Gasteiger partial charge in [-0.1, -0.05) is 0 Å². The lowest BCUT2D eigenvalue weighted by Crippen LogP contribution is -2.05. The largest absolute Gasteiger partial charge is 0.383 e. The summed E-state index contributed by atoms with van der Waals surface area (Å²) in [6.07, 6.45) is 6.22. The van der Waals surface area contributed by atoms with Crippen molar-refractivity contribution in [1.29, 1.82) is 0 Å². The minimum Gasteiger partial charge on any atom is -0.383 e. The van der Waals surface area contributed by atoms with Gasteiger partial charge in [0.05, 0.1) is 11.9 Å². The van der Waals surface area contributed by atoms with Crippen molar-refractivity contribution >= 4 is 15.8 Å². The van der Waals surface area contributed by atoms with E-state index in [1.165, 1.54) is 0 Å². The molecule has 7 heteroatoms. The summed E-state index contributed by atoms with van der Waals surface area (Å²) in [5, 5.41) is 0. The van der Waals surface area contributed by atoms with Crippen molar-refractivity contribution in [3.8, 4) is 17.0 Å². The van der Waals surface area contributed by atoms with E-state index in [1.807, 2.05) is 16.7 Å². The van der Waals surface area contributed by atoms with Gasteiger partial charge in [0.2, 0.25) is 0 Å². The quantitative estimate of drug-likeness (QED) is 0.687. The molecule has 0 aliphatic heterocycles. The molecule has 102 valence electrons. The van der Waals surface area contributed by atoms with Crippen LogP contribution in [-0.2, 0) is 10.1 Å². The van der Waals surface area contributed by atoms with Crippen LogP contribution in [0.15, 0.2) is 49.1 Å². The van der Waals surface area contributed by atoms with Gasteiger partial charge in [-0.2, -0.15) is 8.42 Å². The molecule has 0 saturated carbocycles. The predicted molar refractivity (Wildman–Crippen MR) is 73.9 cm³/mol. The molecular formula is C13H11N3O3S. The SMILES string of the molecule is CS(=O)(=O)Oc1ccc(-c2cn3cnccc3n2)cc1. The first-order valence-corrected chi connectivity index (χ1v) is 7.61. The van der Waals surface area contributed by atoms with Gasteiger partial charge in [-0.05, 0) is 30.3 Å². The fourth-order valence-electron chi connectivity index (χ4n) is 1.84. The summed E-state index contributed by atoms with van der Waals surface area (Å²) in [6, 6.07) is 8.52. The van der Waals surface area contributed by atoms with Crippen LogP contribution in [0, 0.1) is 0 Å². The standard InChI is InChI=1S/C13H11N3O3S/c1-20(17,18)19-11-4-2-10(3-5-11)12-8-16-9-14-7-6-13(16)15-12/h2-9H,1H3. The van der Waals surface area contributed by atoms with Gasteiger partial charge in [0.1, 0.15) is 17.7 Å². The number of hydrogen-bond donors (Lipinski definition) is 0. The Morgan fingerprint density at radius 2 is 1.90 bits per heavy atom. The number of nitrogens with zero attached hydrogens (tertiary/aromatic N) is 3. The third kappa shape index (κ3) is 2.62. The maximum absolute atomic E-state index is 11.0. The predicted octanol–water partition coefficient (Wildman–Crippen LogP) is 1.73. The van der Waals surface area contributed by atoms with Crippen molar-refractivity contribution in [1.82, 2.24) is 14.4 Å². The molecule has 0 bridgehead atoms. The van der Waals surface area contributed by atoms with Crippen molar-refractivity contribution in [3.05, 3.63) is 49.1 Å². The van der Waals surface area contributed by atoms with Crippen LogP contribution >= 0.6 is 0 Å². The van der Waals surface area contributed by atoms with E-state index in [1.54, 1.807) is 36.8 Å². The topological polar surface area (TPSA) is 73.6 Å². The van der Waals surface area contributed by atoms with E-state index in [2.05, 4.69) is 9.97 Å². The minimum absolute atomic E-state index is 0.279. The Hall–Kier alpha value is -2.41. The number of aromatic nitrogens is 3. The zero-order valence-corrected chi connectivity index (χ0v) is 11.4. The summed E-state index contributed by atoms with van der Waals surface area (Å²) in [4.78, 5) is 8.46. The molecule has 3 rings (SSSR count). The molecule has 0 radical (unpaired) electrons. The number of rotatable bonds is 3. The Bertz CT molecular complexity index is 821. The normalized spacial score (nSPS) is 11.7. The maximum atomic E-state index is 11.0. The van der Waals surface area contributed by atoms with Gasteiger partial charge in [-0.25, -0.2) is 9.97 Å². The zero-order valence-electron chi connectivity index (χ0n) is 10.6. The highest BCUT2D eigenvalue weighted by atomic mass is 32.2. The van der Waals surface area contributed by atoms with Crippen LogP contribution in [0.4, 0.5) is 0 Å². The highest BCUT2D eigenvalue weighted by Gasteiger charge is 2.07. The van der Waals surface area contributed by atoms with Crippen LogP contribution in [-0.4, -0.2) is 29.0 Å². The highest BCUT2D eigenvalue weighted by Crippen LogP contribution is 2.22. The molecule has 6 nitrogen and oxygen atoms in total. The molecule has 0 spiro atoms. The number of hydrogen-bond acceptors (Lipinski definition) is 5. The Kier molecular flexibility index (Phi) is 2.90. The van der Waals surface area contributed by atoms with Crippen LogP contribution in [0.3, 0.4) is 0 Å². The molecule has 0 saturated heterocycles. The van der Waals surface area contributed by atoms with Crippen LogP contribution in [0.2, 0.25) is 0 Å². The Labute approximate surface area is 115 Å². The monoisotopic (exact) mass is 289 g/mol. The first-order valence-electron chi connectivity index (χ1n) is 5.80. The Morgan fingerprint density at radius 1 is 1.15 bits per heavy atom. The first-order chi connectivity index (χ1) is 9.51. The van der Waals surface area contributed by atoms with Crippen molar-refractivity contribution in [2.75, 3.05) is 6.26 Å². The summed E-state index contributed by atoms with van der Waals surface area (Å²) < 4.78 is 28.7. The van der Waals surface area contributed by atoms with E-state index in [-0.39, 0.29) is 5.75 Å². The maximum Gasteiger partial charge on any atom is 0.306 e. The molecule has 0 fully saturated rings. The highest BCUT2D eigenvalue weighted by molar-refractivity contribution is 7.86. The fourth-order valence-corrected chi connectivity index (χ4v) is 2.30. The lowest BCUT2D eigenvalue weighted by Gasteiger charge is -2.03. The number of fused-ring (bicyclic) bond motifs is 1. The summed E-state index contributed by atoms with van der Waals surface area (Å²) in [6.45, 7) is 0. The van der Waals surface area contributed by atoms with Crippen molar-refractivity contribution in [3.63, 3.8) is 0 Å². The van der Waals surface area contributed by atoms with E-state index in [0.29, 0.717) is 0 Å². The lowest BCUT2D eigenvalue weighted by molar-refractivity contribution is 0.493. The summed E-state index contributed by atoms with van der Waals surface area (Å²) in [5.74, 6) is 0.279. The van der Waals surface area contributed by atoms with Crippen LogP contribution in [0.5, 0.6) is 5.75 Å². The van der Waals surface area contributed by atoms with Gasteiger partial charge >= 0.3 is 10.1 Å². The summed E-state index contributed by atoms with van der Waals surface area (Å²) in [7, 11) is -3.50. The Balaban J connectivity index is 1.94. The van der Waals surface area contributed by atoms with Crippen molar-refractivity contribution < 1.29 is 12.6 Å². The molecule has 0 aliphatic carbocycles. The lowest BCUT2D eigenvalue weighted by atomic mass is 10.2. The summed E-state index contributed by atoms with van der Waals surface area (Å²) in [5.41, 5.74) is 2.45. The van der Waals surface area contributed by atoms with Gasteiger partial charge in [0, 0.05) is 18.0 Å². The van der Waals surface area contributed by atoms with Crippen LogP contribution < -0.4 is 4.18 Å². The molecular weight excluding hydrogens is 278 g/mol. The van der Waals surface area contributed by atoms with Crippen LogP contribution in [0.1, 0.15) is 0 Å². The molecule has 2 heterocycles. The number of benzene rings is 1. The molecule has 2 aromatic heterocycles. The number of imidazole rings is 1. The molecule has 20 heavy (non-hydrogen) atoms. The van der Waals surface area contributed by atoms with Gasteiger partial charge in [-0.3, -0.25) is 4.40 Å². The molecule has 0 atom stereocenters. The molecule has 3 aromatic rings. The van der Waals surface area contributed by atoms with Gasteiger partial charge in [-0.15, -0.1) is 0 Å². The second-order valence-corrected chi connectivity index (χ2v) is 5.86. The molecule has 0 amide bonds. The van der Waals surface area contributed by atoms with E-state index in [4.69, 9.17) is 4.18 Å². The third-order valence-electron chi connectivity index (χ3n) is 2.66. The first kappa shape index (κ1) is 12.6. The molecule has 0 unspecified atom stereocenters. The van der Waals surface area contributed by atoms with E-state index < -0.39 is 10.1 Å². The zero-order chi connectivity index (χ0) is 14.2. The second-order valence-electron chi connectivity index (χ2n) is 4.28. The third-order valence-corrected chi connectivity index (χ3v) is 3.15. The second kappa shape index (κ2) is 4.61. The smallest absolute Gasteiger partial charge is 0.306 e. The van der Waals surface area contributed by atoms with Crippen molar-refractivity contribution in [2.45, 2.75) is 0 Å². The molecule has 0 N–H and O–H groups in total. The van der Waals surface area contributed by atoms with Crippen molar-refractivity contribution in [2.24, 2.45) is 0 Å². The minimum atomic E-state index is -3.50. The van der Waals surface area contributed by atoms with Crippen LogP contribution in [0.25, 0.3) is 16.9 Å². The van der Waals surface area contributed by atoms with Gasteiger partial charge in [0.15, 0.2) is 0 Å². The average molecular weight is 289 g/mol. The fraction of sp³-hybridized carbons (Fsp3) is 0.0769. The summed E-state index contributed by atoms with van der Waals surface area (Å²) >= 11 is 0. The van der Waals surface area contributed by atoms with E-state index in [0.717, 1.165) is 23.2 Å². The molecule has 0 aliphatic rings. The molecule has 1 aromatic carbocycles. The van der Waals surface area contributed by atoms with Gasteiger partial charge < -0.3 is 4.18 Å². The van der Waals surface area contributed by atoms with E-state index >= 15 is 0 Å². The average Bonchev–Trinajstić information content (AvgIpc) is 2.81.